The molecule has 1 aliphatic carbocycles. The zero-order valence-electron chi connectivity index (χ0n) is 10.6. The van der Waals surface area contributed by atoms with Crippen molar-refractivity contribution >= 4 is 0 Å². The number of ether oxygens (including phenoxy) is 1. The lowest BCUT2D eigenvalue weighted by Crippen LogP contribution is -2.38. The second kappa shape index (κ2) is 7.24. The third-order valence-electron chi connectivity index (χ3n) is 3.55. The molecule has 1 saturated carbocycles. The molecule has 15 heavy (non-hydrogen) atoms. The molecule has 2 atom stereocenters. The summed E-state index contributed by atoms with van der Waals surface area (Å²) in [6.45, 7) is 8.63. The van der Waals surface area contributed by atoms with Gasteiger partial charge in [0, 0.05) is 12.6 Å². The first-order chi connectivity index (χ1) is 7.24. The lowest BCUT2D eigenvalue weighted by molar-refractivity contribution is 0.0296. The number of hydrogen-bond donors (Lipinski definition) is 1. The van der Waals surface area contributed by atoms with Crippen molar-refractivity contribution in [3.63, 3.8) is 0 Å². The monoisotopic (exact) mass is 213 g/mol. The van der Waals surface area contributed by atoms with E-state index in [0.717, 1.165) is 19.1 Å². The topological polar surface area (TPSA) is 21.3 Å². The zero-order chi connectivity index (χ0) is 11.1. The van der Waals surface area contributed by atoms with Gasteiger partial charge < -0.3 is 10.1 Å². The molecule has 2 nitrogen and oxygen atoms in total. The molecule has 0 saturated heterocycles. The largest absolute Gasteiger partial charge is 0.377 e. The van der Waals surface area contributed by atoms with Crippen LogP contribution in [-0.2, 0) is 4.74 Å². The summed E-state index contributed by atoms with van der Waals surface area (Å²) >= 11 is 0. The highest BCUT2D eigenvalue weighted by molar-refractivity contribution is 4.71. The SMILES string of the molecule is CCCNC(C)C(C)OCCC1CCC1. The predicted octanol–water partition coefficient (Wildman–Crippen LogP) is 2.97. The number of rotatable bonds is 8. The Morgan fingerprint density at radius 2 is 2.07 bits per heavy atom. The van der Waals surface area contributed by atoms with Gasteiger partial charge in [-0.25, -0.2) is 0 Å². The molecule has 0 spiro atoms. The molecular weight excluding hydrogens is 186 g/mol. The second-order valence-electron chi connectivity index (χ2n) is 4.90. The highest BCUT2D eigenvalue weighted by Gasteiger charge is 2.18. The van der Waals surface area contributed by atoms with E-state index in [0.29, 0.717) is 12.1 Å². The summed E-state index contributed by atoms with van der Waals surface area (Å²) in [5, 5.41) is 3.47. The van der Waals surface area contributed by atoms with Gasteiger partial charge in [-0.2, -0.15) is 0 Å². The van der Waals surface area contributed by atoms with Crippen LogP contribution in [0.2, 0.25) is 0 Å². The van der Waals surface area contributed by atoms with Gasteiger partial charge in [-0.3, -0.25) is 0 Å². The van der Waals surface area contributed by atoms with Crippen molar-refractivity contribution in [1.82, 2.24) is 5.32 Å². The van der Waals surface area contributed by atoms with E-state index in [1.807, 2.05) is 0 Å². The minimum atomic E-state index is 0.344. The zero-order valence-corrected chi connectivity index (χ0v) is 10.6. The van der Waals surface area contributed by atoms with E-state index in [-0.39, 0.29) is 0 Å². The Morgan fingerprint density at radius 1 is 1.33 bits per heavy atom. The summed E-state index contributed by atoms with van der Waals surface area (Å²) < 4.78 is 5.84. The Bertz CT molecular complexity index is 157. The summed E-state index contributed by atoms with van der Waals surface area (Å²) in [5.74, 6) is 0.969. The van der Waals surface area contributed by atoms with Crippen LogP contribution in [0, 0.1) is 5.92 Å². The molecule has 0 heterocycles. The van der Waals surface area contributed by atoms with Gasteiger partial charge in [0.1, 0.15) is 0 Å². The van der Waals surface area contributed by atoms with E-state index in [9.17, 15) is 0 Å². The van der Waals surface area contributed by atoms with Crippen LogP contribution in [0.25, 0.3) is 0 Å². The second-order valence-corrected chi connectivity index (χ2v) is 4.90. The summed E-state index contributed by atoms with van der Waals surface area (Å²) in [4.78, 5) is 0. The third kappa shape index (κ3) is 4.98. The maximum atomic E-state index is 5.84. The molecule has 0 amide bonds. The fourth-order valence-electron chi connectivity index (χ4n) is 1.88. The molecule has 0 aromatic heterocycles. The van der Waals surface area contributed by atoms with E-state index in [4.69, 9.17) is 4.74 Å². The fourth-order valence-corrected chi connectivity index (χ4v) is 1.88. The third-order valence-corrected chi connectivity index (χ3v) is 3.55. The average Bonchev–Trinajstić information content (AvgIpc) is 2.17. The Hall–Kier alpha value is -0.0800. The molecule has 2 heteroatoms. The van der Waals surface area contributed by atoms with Crippen LogP contribution in [0.4, 0.5) is 0 Å². The Balaban J connectivity index is 1.97. The van der Waals surface area contributed by atoms with Crippen molar-refractivity contribution in [2.45, 2.75) is 65.0 Å². The molecule has 1 N–H and O–H groups in total. The Labute approximate surface area is 94.8 Å². The minimum Gasteiger partial charge on any atom is -0.377 e. The maximum absolute atomic E-state index is 5.84. The van der Waals surface area contributed by atoms with Crippen LogP contribution in [0.5, 0.6) is 0 Å². The van der Waals surface area contributed by atoms with Crippen LogP contribution in [-0.4, -0.2) is 25.3 Å². The van der Waals surface area contributed by atoms with Gasteiger partial charge in [0.25, 0.3) is 0 Å². The van der Waals surface area contributed by atoms with Gasteiger partial charge in [0.2, 0.25) is 0 Å². The molecule has 0 aromatic rings. The lowest BCUT2D eigenvalue weighted by atomic mass is 9.83. The van der Waals surface area contributed by atoms with Gasteiger partial charge >= 0.3 is 0 Å². The normalized spacial score (nSPS) is 21.0. The van der Waals surface area contributed by atoms with Gasteiger partial charge in [-0.05, 0) is 39.2 Å². The van der Waals surface area contributed by atoms with Crippen molar-refractivity contribution in [3.8, 4) is 0 Å². The van der Waals surface area contributed by atoms with Crippen molar-refractivity contribution in [3.05, 3.63) is 0 Å². The number of nitrogens with one attached hydrogen (secondary N) is 1. The standard InChI is InChI=1S/C13H27NO/c1-4-9-14-11(2)12(3)15-10-8-13-6-5-7-13/h11-14H,4-10H2,1-3H3. The summed E-state index contributed by atoms with van der Waals surface area (Å²) in [5.41, 5.74) is 0. The van der Waals surface area contributed by atoms with E-state index in [1.165, 1.54) is 32.1 Å². The lowest BCUT2D eigenvalue weighted by Gasteiger charge is -2.27. The molecule has 1 aliphatic rings. The smallest absolute Gasteiger partial charge is 0.0697 e. The van der Waals surface area contributed by atoms with Gasteiger partial charge in [-0.15, -0.1) is 0 Å². The quantitative estimate of drug-likeness (QED) is 0.669. The van der Waals surface area contributed by atoms with E-state index in [1.54, 1.807) is 0 Å². The van der Waals surface area contributed by atoms with Crippen molar-refractivity contribution in [2.24, 2.45) is 5.92 Å². The van der Waals surface area contributed by atoms with Crippen molar-refractivity contribution in [1.29, 1.82) is 0 Å². The van der Waals surface area contributed by atoms with Crippen LogP contribution in [0.15, 0.2) is 0 Å². The molecular formula is C13H27NO. The van der Waals surface area contributed by atoms with Crippen LogP contribution in [0.3, 0.4) is 0 Å². The Morgan fingerprint density at radius 3 is 2.60 bits per heavy atom. The molecule has 0 aliphatic heterocycles. The summed E-state index contributed by atoms with van der Waals surface area (Å²) in [6.07, 6.45) is 7.11. The predicted molar refractivity (Wildman–Crippen MR) is 65.1 cm³/mol. The average molecular weight is 213 g/mol. The molecule has 1 fully saturated rings. The molecule has 0 aromatic carbocycles. The minimum absolute atomic E-state index is 0.344. The first kappa shape index (κ1) is 13.0. The molecule has 0 bridgehead atoms. The first-order valence-electron chi connectivity index (χ1n) is 6.59. The highest BCUT2D eigenvalue weighted by Crippen LogP contribution is 2.29. The first-order valence-corrected chi connectivity index (χ1v) is 6.59. The fraction of sp³-hybridized carbons (Fsp3) is 1.00. The van der Waals surface area contributed by atoms with Crippen LogP contribution in [0.1, 0.15) is 52.9 Å². The Kier molecular flexibility index (Phi) is 6.26. The van der Waals surface area contributed by atoms with Crippen molar-refractivity contribution < 1.29 is 4.74 Å². The van der Waals surface area contributed by atoms with Gasteiger partial charge in [0.05, 0.1) is 6.10 Å². The maximum Gasteiger partial charge on any atom is 0.0697 e. The summed E-state index contributed by atoms with van der Waals surface area (Å²) in [7, 11) is 0. The van der Waals surface area contributed by atoms with E-state index in [2.05, 4.69) is 26.1 Å². The van der Waals surface area contributed by atoms with E-state index < -0.39 is 0 Å². The molecule has 0 radical (unpaired) electrons. The van der Waals surface area contributed by atoms with E-state index >= 15 is 0 Å². The highest BCUT2D eigenvalue weighted by atomic mass is 16.5. The summed E-state index contributed by atoms with van der Waals surface area (Å²) in [6, 6.07) is 0.478. The number of hydrogen-bond acceptors (Lipinski definition) is 2. The van der Waals surface area contributed by atoms with Gasteiger partial charge in [0.15, 0.2) is 0 Å². The molecule has 2 unspecified atom stereocenters. The molecule has 1 rings (SSSR count). The van der Waals surface area contributed by atoms with Gasteiger partial charge in [-0.1, -0.05) is 26.2 Å². The molecule has 90 valence electrons. The van der Waals surface area contributed by atoms with Crippen molar-refractivity contribution in [2.75, 3.05) is 13.2 Å². The van der Waals surface area contributed by atoms with Crippen LogP contribution < -0.4 is 5.32 Å². The van der Waals surface area contributed by atoms with Crippen LogP contribution >= 0.6 is 0 Å².